The third kappa shape index (κ3) is 3.06. The van der Waals surface area contributed by atoms with Crippen LogP contribution < -0.4 is 10.1 Å². The zero-order valence-corrected chi connectivity index (χ0v) is 13.8. The number of thiophene rings is 1. The molecular formula is C18H20N2O2S. The second-order valence-electron chi connectivity index (χ2n) is 6.14. The number of ether oxygens (including phenoxy) is 1. The third-order valence-electron chi connectivity index (χ3n) is 4.65. The van der Waals surface area contributed by atoms with Gasteiger partial charge in [0.05, 0.1) is 13.2 Å². The lowest BCUT2D eigenvalue weighted by Gasteiger charge is -2.17. The standard InChI is InChI=1S/C18H20N2O2S/c21-18(19-11-16-2-1-9-23-16)20-7-5-15(12-20)13-3-4-17-14(10-13)6-8-22-17/h1-4,9-10,15H,5-8,11-12H2,(H,19,21). The highest BCUT2D eigenvalue weighted by molar-refractivity contribution is 7.09. The van der Waals surface area contributed by atoms with Crippen LogP contribution in [-0.2, 0) is 13.0 Å². The van der Waals surface area contributed by atoms with Crippen molar-refractivity contribution >= 4 is 17.4 Å². The predicted octanol–water partition coefficient (Wildman–Crippen LogP) is 3.38. The van der Waals surface area contributed by atoms with E-state index in [1.807, 2.05) is 22.4 Å². The predicted molar refractivity (Wildman–Crippen MR) is 91.1 cm³/mol. The fraction of sp³-hybridized carbons (Fsp3) is 0.389. The number of amides is 2. The number of nitrogens with one attached hydrogen (secondary N) is 1. The van der Waals surface area contributed by atoms with Crippen molar-refractivity contribution in [3.8, 4) is 5.75 Å². The first-order valence-corrected chi connectivity index (χ1v) is 8.98. The van der Waals surface area contributed by atoms with Crippen molar-refractivity contribution in [2.45, 2.75) is 25.3 Å². The number of likely N-dealkylation sites (tertiary alicyclic amines) is 1. The van der Waals surface area contributed by atoms with Gasteiger partial charge in [-0.3, -0.25) is 0 Å². The Hall–Kier alpha value is -2.01. The minimum absolute atomic E-state index is 0.0467. The van der Waals surface area contributed by atoms with E-state index < -0.39 is 0 Å². The second-order valence-corrected chi connectivity index (χ2v) is 7.17. The summed E-state index contributed by atoms with van der Waals surface area (Å²) in [5.41, 5.74) is 2.64. The van der Waals surface area contributed by atoms with Gasteiger partial charge in [-0.1, -0.05) is 18.2 Å². The smallest absolute Gasteiger partial charge is 0.317 e. The Labute approximate surface area is 140 Å². The Balaban J connectivity index is 1.36. The molecule has 1 saturated heterocycles. The molecule has 5 heteroatoms. The maximum absolute atomic E-state index is 12.3. The van der Waals surface area contributed by atoms with Crippen LogP contribution in [0.1, 0.15) is 28.3 Å². The molecule has 2 aliphatic rings. The number of urea groups is 1. The summed E-state index contributed by atoms with van der Waals surface area (Å²) in [5, 5.41) is 5.05. The fourth-order valence-corrected chi connectivity index (χ4v) is 4.01. The van der Waals surface area contributed by atoms with Crippen LogP contribution >= 0.6 is 11.3 Å². The van der Waals surface area contributed by atoms with Crippen molar-refractivity contribution in [1.29, 1.82) is 0 Å². The van der Waals surface area contributed by atoms with Crippen LogP contribution in [-0.4, -0.2) is 30.6 Å². The van der Waals surface area contributed by atoms with Crippen molar-refractivity contribution in [1.82, 2.24) is 10.2 Å². The zero-order chi connectivity index (χ0) is 15.6. The first-order valence-electron chi connectivity index (χ1n) is 8.10. The Morgan fingerprint density at radius 1 is 1.39 bits per heavy atom. The topological polar surface area (TPSA) is 41.6 Å². The number of carbonyl (C=O) groups is 1. The van der Waals surface area contributed by atoms with Crippen LogP contribution in [0.4, 0.5) is 4.79 Å². The first-order chi connectivity index (χ1) is 11.3. The molecular weight excluding hydrogens is 308 g/mol. The largest absolute Gasteiger partial charge is 0.493 e. The van der Waals surface area contributed by atoms with Crippen LogP contribution in [0.5, 0.6) is 5.75 Å². The van der Waals surface area contributed by atoms with Crippen LogP contribution in [0.2, 0.25) is 0 Å². The number of fused-ring (bicyclic) bond motifs is 1. The van der Waals surface area contributed by atoms with Gasteiger partial charge in [-0.15, -0.1) is 11.3 Å². The van der Waals surface area contributed by atoms with E-state index in [2.05, 4.69) is 23.5 Å². The first kappa shape index (κ1) is 14.6. The van der Waals surface area contributed by atoms with E-state index in [0.29, 0.717) is 12.5 Å². The van der Waals surface area contributed by atoms with Gasteiger partial charge in [0.15, 0.2) is 0 Å². The van der Waals surface area contributed by atoms with Crippen molar-refractivity contribution in [2.24, 2.45) is 0 Å². The number of hydrogen-bond acceptors (Lipinski definition) is 3. The monoisotopic (exact) mass is 328 g/mol. The van der Waals surface area contributed by atoms with E-state index in [0.717, 1.165) is 38.3 Å². The summed E-state index contributed by atoms with van der Waals surface area (Å²) in [6.07, 6.45) is 2.03. The number of benzene rings is 1. The lowest BCUT2D eigenvalue weighted by molar-refractivity contribution is 0.208. The van der Waals surface area contributed by atoms with Gasteiger partial charge in [0.2, 0.25) is 0 Å². The molecule has 1 N–H and O–H groups in total. The average Bonchev–Trinajstić information content (AvgIpc) is 3.32. The third-order valence-corrected chi connectivity index (χ3v) is 5.53. The molecule has 2 aliphatic heterocycles. The summed E-state index contributed by atoms with van der Waals surface area (Å²) in [4.78, 5) is 15.4. The van der Waals surface area contributed by atoms with Crippen molar-refractivity contribution in [2.75, 3.05) is 19.7 Å². The zero-order valence-electron chi connectivity index (χ0n) is 13.0. The molecule has 1 atom stereocenters. The van der Waals surface area contributed by atoms with Crippen LogP contribution in [0.25, 0.3) is 0 Å². The molecule has 0 spiro atoms. The Kier molecular flexibility index (Phi) is 3.95. The van der Waals surface area contributed by atoms with Gasteiger partial charge >= 0.3 is 6.03 Å². The van der Waals surface area contributed by atoms with Gasteiger partial charge in [0.25, 0.3) is 0 Å². The summed E-state index contributed by atoms with van der Waals surface area (Å²) in [6, 6.07) is 10.6. The summed E-state index contributed by atoms with van der Waals surface area (Å²) >= 11 is 1.67. The highest BCUT2D eigenvalue weighted by Crippen LogP contribution is 2.32. The molecule has 4 rings (SSSR count). The van der Waals surface area contributed by atoms with Gasteiger partial charge in [-0.2, -0.15) is 0 Å². The molecule has 2 amide bonds. The second kappa shape index (κ2) is 6.24. The number of hydrogen-bond donors (Lipinski definition) is 1. The van der Waals surface area contributed by atoms with Gasteiger partial charge in [0.1, 0.15) is 5.75 Å². The molecule has 4 nitrogen and oxygen atoms in total. The lowest BCUT2D eigenvalue weighted by Crippen LogP contribution is -2.37. The lowest BCUT2D eigenvalue weighted by atomic mass is 9.96. The maximum atomic E-state index is 12.3. The molecule has 1 aromatic carbocycles. The number of carbonyl (C=O) groups excluding carboxylic acids is 1. The van der Waals surface area contributed by atoms with Crippen LogP contribution in [0.3, 0.4) is 0 Å². The van der Waals surface area contributed by atoms with E-state index in [9.17, 15) is 4.79 Å². The minimum Gasteiger partial charge on any atom is -0.493 e. The molecule has 120 valence electrons. The van der Waals surface area contributed by atoms with E-state index in [1.165, 1.54) is 16.0 Å². The fourth-order valence-electron chi connectivity index (χ4n) is 3.36. The molecule has 0 aliphatic carbocycles. The maximum Gasteiger partial charge on any atom is 0.317 e. The summed E-state index contributed by atoms with van der Waals surface area (Å²) in [6.45, 7) is 3.04. The highest BCUT2D eigenvalue weighted by Gasteiger charge is 2.28. The molecule has 0 bridgehead atoms. The average molecular weight is 328 g/mol. The molecule has 23 heavy (non-hydrogen) atoms. The van der Waals surface area contributed by atoms with Crippen LogP contribution in [0.15, 0.2) is 35.7 Å². The van der Waals surface area contributed by atoms with E-state index >= 15 is 0 Å². The van der Waals surface area contributed by atoms with Crippen molar-refractivity contribution < 1.29 is 9.53 Å². The molecule has 3 heterocycles. The van der Waals surface area contributed by atoms with Gasteiger partial charge in [-0.25, -0.2) is 4.79 Å². The van der Waals surface area contributed by atoms with Crippen LogP contribution in [0, 0.1) is 0 Å². The highest BCUT2D eigenvalue weighted by atomic mass is 32.1. The minimum atomic E-state index is 0.0467. The van der Waals surface area contributed by atoms with E-state index in [-0.39, 0.29) is 6.03 Å². The van der Waals surface area contributed by atoms with E-state index in [1.54, 1.807) is 11.3 Å². The Bertz CT molecular complexity index is 699. The molecule has 2 aromatic rings. The van der Waals surface area contributed by atoms with Gasteiger partial charge < -0.3 is 15.0 Å². The van der Waals surface area contributed by atoms with Gasteiger partial charge in [-0.05, 0) is 35.1 Å². The molecule has 1 unspecified atom stereocenters. The quantitative estimate of drug-likeness (QED) is 0.938. The van der Waals surface area contributed by atoms with Gasteiger partial charge in [0, 0.05) is 30.3 Å². The summed E-state index contributed by atoms with van der Waals surface area (Å²) in [5.74, 6) is 1.46. The number of rotatable bonds is 3. The van der Waals surface area contributed by atoms with E-state index in [4.69, 9.17) is 4.74 Å². The molecule has 1 fully saturated rings. The van der Waals surface area contributed by atoms with Crippen molar-refractivity contribution in [3.63, 3.8) is 0 Å². The normalized spacial score (nSPS) is 19.5. The number of nitrogens with zero attached hydrogens (tertiary/aromatic N) is 1. The summed E-state index contributed by atoms with van der Waals surface area (Å²) < 4.78 is 5.57. The molecule has 0 saturated carbocycles. The molecule has 0 radical (unpaired) electrons. The molecule has 1 aromatic heterocycles. The Morgan fingerprint density at radius 3 is 3.22 bits per heavy atom. The summed E-state index contributed by atoms with van der Waals surface area (Å²) in [7, 11) is 0. The Morgan fingerprint density at radius 2 is 2.35 bits per heavy atom. The van der Waals surface area contributed by atoms with Crippen molar-refractivity contribution in [3.05, 3.63) is 51.7 Å². The SMILES string of the molecule is O=C(NCc1cccs1)N1CCC(c2ccc3c(c2)CCO3)C1.